The van der Waals surface area contributed by atoms with Crippen LogP contribution >= 0.6 is 22.9 Å². The monoisotopic (exact) mass is 426 g/mol. The van der Waals surface area contributed by atoms with Gasteiger partial charge in [-0.2, -0.15) is 4.80 Å². The van der Waals surface area contributed by atoms with Gasteiger partial charge in [0.2, 0.25) is 0 Å². The molecule has 0 bridgehead atoms. The number of carbonyl (C=O) groups excluding carboxylic acids is 2. The van der Waals surface area contributed by atoms with Crippen molar-refractivity contribution in [2.45, 2.75) is 4.90 Å². The van der Waals surface area contributed by atoms with Crippen molar-refractivity contribution in [3.63, 3.8) is 0 Å². The van der Waals surface area contributed by atoms with E-state index in [0.29, 0.717) is 4.34 Å². The van der Waals surface area contributed by atoms with Crippen LogP contribution in [0.4, 0.5) is 11.6 Å². The maximum atomic E-state index is 12.3. The number of benzene rings is 1. The summed E-state index contributed by atoms with van der Waals surface area (Å²) in [5.74, 6) is -1.76. The Kier molecular flexibility index (Phi) is 5.21. The topological polar surface area (TPSA) is 136 Å². The first-order chi connectivity index (χ1) is 12.7. The quantitative estimate of drug-likeness (QED) is 0.450. The van der Waals surface area contributed by atoms with Gasteiger partial charge in [-0.3, -0.25) is 9.59 Å². The van der Waals surface area contributed by atoms with Crippen molar-refractivity contribution in [1.29, 1.82) is 0 Å². The Bertz CT molecular complexity index is 1110. The van der Waals surface area contributed by atoms with Crippen molar-refractivity contribution in [1.82, 2.24) is 20.2 Å². The normalized spacial score (nSPS) is 11.2. The summed E-state index contributed by atoms with van der Waals surface area (Å²) in [6, 6.07) is 8.21. The number of halogens is 1. The van der Waals surface area contributed by atoms with Gasteiger partial charge in [0.25, 0.3) is 27.7 Å². The number of tetrazole rings is 1. The number of aryl methyl sites for hydroxylation is 1. The number of hydrogen-bond donors (Lipinski definition) is 2. The van der Waals surface area contributed by atoms with E-state index in [-0.39, 0.29) is 21.4 Å². The number of sulfonamides is 1. The third-order valence-corrected chi connectivity index (χ3v) is 5.73. The molecule has 3 aromatic rings. The summed E-state index contributed by atoms with van der Waals surface area (Å²) in [6.07, 6.45) is 0. The largest absolute Gasteiger partial charge is 0.319 e. The van der Waals surface area contributed by atoms with Gasteiger partial charge in [-0.1, -0.05) is 16.7 Å². The molecule has 1 amide bonds. The van der Waals surface area contributed by atoms with Crippen molar-refractivity contribution >= 4 is 56.3 Å². The van der Waals surface area contributed by atoms with Crippen molar-refractivity contribution < 1.29 is 18.0 Å². The first-order valence-electron chi connectivity index (χ1n) is 7.22. The fourth-order valence-electron chi connectivity index (χ4n) is 1.96. The number of carbonyl (C=O) groups is 2. The fraction of sp³-hybridized carbons (Fsp3) is 0.0714. The molecule has 0 aliphatic carbocycles. The summed E-state index contributed by atoms with van der Waals surface area (Å²) in [7, 11) is -2.43. The lowest BCUT2D eigenvalue weighted by atomic mass is 10.2. The fourth-order valence-corrected chi connectivity index (χ4v) is 3.87. The molecule has 140 valence electrons. The number of hydrogen-bond acceptors (Lipinski definition) is 8. The van der Waals surface area contributed by atoms with Crippen LogP contribution in [0, 0.1) is 0 Å². The zero-order valence-corrected chi connectivity index (χ0v) is 16.0. The molecule has 0 aliphatic heterocycles. The highest BCUT2D eigenvalue weighted by molar-refractivity contribution is 7.92. The Morgan fingerprint density at radius 3 is 2.41 bits per heavy atom. The van der Waals surface area contributed by atoms with E-state index in [1.54, 1.807) is 0 Å². The zero-order chi connectivity index (χ0) is 19.6. The van der Waals surface area contributed by atoms with Crippen LogP contribution in [0.15, 0.2) is 41.3 Å². The summed E-state index contributed by atoms with van der Waals surface area (Å²) in [5.41, 5.74) is 0.257. The van der Waals surface area contributed by atoms with Crippen LogP contribution in [0.25, 0.3) is 0 Å². The van der Waals surface area contributed by atoms with E-state index >= 15 is 0 Å². The lowest BCUT2D eigenvalue weighted by Gasteiger charge is -2.07. The highest BCUT2D eigenvalue weighted by Crippen LogP contribution is 2.22. The average Bonchev–Trinajstić information content (AvgIpc) is 3.22. The van der Waals surface area contributed by atoms with Crippen LogP contribution in [0.2, 0.25) is 4.34 Å². The van der Waals surface area contributed by atoms with Gasteiger partial charge in [0, 0.05) is 5.69 Å². The Hall–Kier alpha value is -2.83. The van der Waals surface area contributed by atoms with Crippen molar-refractivity contribution in [2.75, 3.05) is 10.0 Å². The number of Topliss-reactive ketones (excluding diaryl/α,β-unsaturated/α-hetero) is 1. The number of thiophene rings is 1. The predicted octanol–water partition coefficient (Wildman–Crippen LogP) is 1.55. The minimum Gasteiger partial charge on any atom is -0.319 e. The molecule has 2 N–H and O–H groups in total. The minimum atomic E-state index is -3.92. The minimum absolute atomic E-state index is 0.0793. The maximum Gasteiger partial charge on any atom is 0.297 e. The van der Waals surface area contributed by atoms with Gasteiger partial charge in [0.05, 0.1) is 21.2 Å². The molecule has 0 aliphatic rings. The standard InChI is InChI=1S/C14H11ClN6O4S2/c1-21-18-14(17-20-21)19-27(24,25)9-4-2-8(3-5-9)16-13(23)12(22)10-6-7-11(15)26-10/h2-7H,1H3,(H,16,23)(H,18,19). The summed E-state index contributed by atoms with van der Waals surface area (Å²) in [6.45, 7) is 0. The van der Waals surface area contributed by atoms with Gasteiger partial charge >= 0.3 is 0 Å². The first-order valence-corrected chi connectivity index (χ1v) is 9.90. The lowest BCUT2D eigenvalue weighted by Crippen LogP contribution is -2.22. The molecule has 10 nitrogen and oxygen atoms in total. The molecule has 0 atom stereocenters. The molecule has 2 aromatic heterocycles. The summed E-state index contributed by atoms with van der Waals surface area (Å²) in [4.78, 5) is 25.2. The lowest BCUT2D eigenvalue weighted by molar-refractivity contribution is -0.112. The molecule has 0 fully saturated rings. The van der Waals surface area contributed by atoms with Crippen LogP contribution in [0.3, 0.4) is 0 Å². The molecule has 1 aromatic carbocycles. The number of amides is 1. The molecule has 0 saturated carbocycles. The maximum absolute atomic E-state index is 12.3. The zero-order valence-electron chi connectivity index (χ0n) is 13.6. The molecule has 0 radical (unpaired) electrons. The van der Waals surface area contributed by atoms with Crippen LogP contribution in [0.5, 0.6) is 0 Å². The van der Waals surface area contributed by atoms with E-state index in [1.807, 2.05) is 0 Å². The summed E-state index contributed by atoms with van der Waals surface area (Å²) in [5, 5.41) is 13.2. The number of nitrogens with one attached hydrogen (secondary N) is 2. The van der Waals surface area contributed by atoms with E-state index in [1.165, 1.54) is 43.4 Å². The highest BCUT2D eigenvalue weighted by atomic mass is 35.5. The molecule has 2 heterocycles. The van der Waals surface area contributed by atoms with E-state index < -0.39 is 21.7 Å². The van der Waals surface area contributed by atoms with E-state index in [0.717, 1.165) is 16.1 Å². The second-order valence-electron chi connectivity index (χ2n) is 5.12. The molecule has 0 saturated heterocycles. The Morgan fingerprint density at radius 2 is 1.85 bits per heavy atom. The smallest absolute Gasteiger partial charge is 0.297 e. The molecular formula is C14H11ClN6O4S2. The van der Waals surface area contributed by atoms with Crippen LogP contribution in [-0.4, -0.2) is 40.3 Å². The van der Waals surface area contributed by atoms with Crippen LogP contribution < -0.4 is 10.0 Å². The Balaban J connectivity index is 1.69. The summed E-state index contributed by atoms with van der Waals surface area (Å²) >= 11 is 6.74. The Labute approximate surface area is 162 Å². The summed E-state index contributed by atoms with van der Waals surface area (Å²) < 4.78 is 27.1. The molecule has 27 heavy (non-hydrogen) atoms. The third-order valence-electron chi connectivity index (χ3n) is 3.16. The first kappa shape index (κ1) is 18.9. The number of nitrogens with zero attached hydrogens (tertiary/aromatic N) is 4. The number of anilines is 2. The van der Waals surface area contributed by atoms with Gasteiger partial charge in [0.15, 0.2) is 0 Å². The van der Waals surface area contributed by atoms with Crippen molar-refractivity contribution in [2.24, 2.45) is 7.05 Å². The van der Waals surface area contributed by atoms with Gasteiger partial charge in [0.1, 0.15) is 0 Å². The second kappa shape index (κ2) is 7.42. The molecule has 0 unspecified atom stereocenters. The molecule has 0 spiro atoms. The van der Waals surface area contributed by atoms with Crippen LogP contribution in [0.1, 0.15) is 9.67 Å². The average molecular weight is 427 g/mol. The molecule has 3 rings (SSSR count). The van der Waals surface area contributed by atoms with E-state index in [9.17, 15) is 18.0 Å². The number of ketones is 1. The van der Waals surface area contributed by atoms with E-state index in [4.69, 9.17) is 11.6 Å². The van der Waals surface area contributed by atoms with Crippen molar-refractivity contribution in [3.05, 3.63) is 45.6 Å². The SMILES string of the molecule is Cn1nnc(NS(=O)(=O)c2ccc(NC(=O)C(=O)c3ccc(Cl)s3)cc2)n1. The van der Waals surface area contributed by atoms with Gasteiger partial charge in [-0.25, -0.2) is 13.1 Å². The van der Waals surface area contributed by atoms with Gasteiger partial charge in [-0.15, -0.1) is 16.4 Å². The highest BCUT2D eigenvalue weighted by Gasteiger charge is 2.20. The molecule has 13 heteroatoms. The predicted molar refractivity (Wildman–Crippen MR) is 98.3 cm³/mol. The number of rotatable bonds is 6. The van der Waals surface area contributed by atoms with Crippen LogP contribution in [-0.2, 0) is 21.9 Å². The van der Waals surface area contributed by atoms with Crippen molar-refractivity contribution in [3.8, 4) is 0 Å². The molecular weight excluding hydrogens is 416 g/mol. The third kappa shape index (κ3) is 4.48. The Morgan fingerprint density at radius 1 is 1.15 bits per heavy atom. The number of aromatic nitrogens is 4. The van der Waals surface area contributed by atoms with Gasteiger partial charge in [-0.05, 0) is 41.6 Å². The van der Waals surface area contributed by atoms with E-state index in [2.05, 4.69) is 25.4 Å². The second-order valence-corrected chi connectivity index (χ2v) is 8.52. The van der Waals surface area contributed by atoms with Gasteiger partial charge < -0.3 is 5.32 Å².